The summed E-state index contributed by atoms with van der Waals surface area (Å²) in [7, 11) is 0. The second-order valence-electron chi connectivity index (χ2n) is 6.18. The van der Waals surface area contributed by atoms with Crippen LogP contribution in [-0.2, 0) is 12.2 Å². The summed E-state index contributed by atoms with van der Waals surface area (Å²) in [6.07, 6.45) is 0.903. The van der Waals surface area contributed by atoms with Crippen LogP contribution >= 0.6 is 11.8 Å². The van der Waals surface area contributed by atoms with Crippen LogP contribution in [0.1, 0.15) is 44.7 Å². The smallest absolute Gasteiger partial charge is 0.270 e. The number of nitrogens with zero attached hydrogens (tertiary/aromatic N) is 1. The average Bonchev–Trinajstić information content (AvgIpc) is 3.15. The van der Waals surface area contributed by atoms with Crippen LogP contribution in [0, 0.1) is 6.92 Å². The van der Waals surface area contributed by atoms with E-state index in [4.69, 9.17) is 4.52 Å². The second-order valence-corrected chi connectivity index (χ2v) is 7.20. The third-order valence-corrected chi connectivity index (χ3v) is 5.19. The standard InChI is InChI=1S/C21H21N3O3S/c1-3-15-8-10-16(11-9-15)20(25)22-23-21(26)18-6-4-5-7-19(18)28-13-17-12-14(2)24-27-17/h4-12H,3,13H2,1-2H3,(H,22,25)(H,23,26). The summed E-state index contributed by atoms with van der Waals surface area (Å²) in [5.74, 6) is 0.552. The predicted molar refractivity (Wildman–Crippen MR) is 108 cm³/mol. The van der Waals surface area contributed by atoms with Gasteiger partial charge in [-0.05, 0) is 43.2 Å². The lowest BCUT2D eigenvalue weighted by Gasteiger charge is -2.10. The van der Waals surface area contributed by atoms with E-state index in [1.807, 2.05) is 44.2 Å². The molecule has 0 spiro atoms. The molecule has 0 bridgehead atoms. The van der Waals surface area contributed by atoms with Gasteiger partial charge in [-0.3, -0.25) is 20.4 Å². The fourth-order valence-electron chi connectivity index (χ4n) is 2.56. The topological polar surface area (TPSA) is 84.2 Å². The molecule has 1 aromatic heterocycles. The minimum Gasteiger partial charge on any atom is -0.360 e. The molecule has 0 aliphatic carbocycles. The van der Waals surface area contributed by atoms with E-state index in [-0.39, 0.29) is 11.8 Å². The number of hydrogen-bond acceptors (Lipinski definition) is 5. The van der Waals surface area contributed by atoms with Gasteiger partial charge < -0.3 is 4.52 Å². The summed E-state index contributed by atoms with van der Waals surface area (Å²) in [6, 6.07) is 16.3. The van der Waals surface area contributed by atoms with Crippen LogP contribution in [0.2, 0.25) is 0 Å². The predicted octanol–water partition coefficient (Wildman–Crippen LogP) is 3.91. The quantitative estimate of drug-likeness (QED) is 0.488. The van der Waals surface area contributed by atoms with Gasteiger partial charge in [-0.15, -0.1) is 11.8 Å². The summed E-state index contributed by atoms with van der Waals surface area (Å²) in [4.78, 5) is 25.6. The highest BCUT2D eigenvalue weighted by Crippen LogP contribution is 2.26. The summed E-state index contributed by atoms with van der Waals surface area (Å²) in [6.45, 7) is 3.91. The Morgan fingerprint density at radius 2 is 1.75 bits per heavy atom. The number of aryl methyl sites for hydroxylation is 2. The zero-order valence-electron chi connectivity index (χ0n) is 15.7. The van der Waals surface area contributed by atoms with E-state index in [0.717, 1.165) is 28.3 Å². The highest BCUT2D eigenvalue weighted by molar-refractivity contribution is 7.98. The molecular formula is C21H21N3O3S. The third-order valence-electron chi connectivity index (χ3n) is 4.09. The van der Waals surface area contributed by atoms with E-state index in [2.05, 4.69) is 16.0 Å². The molecule has 28 heavy (non-hydrogen) atoms. The van der Waals surface area contributed by atoms with Crippen LogP contribution in [0.4, 0.5) is 0 Å². The lowest BCUT2D eigenvalue weighted by molar-refractivity contribution is 0.0845. The highest BCUT2D eigenvalue weighted by atomic mass is 32.2. The number of nitrogens with one attached hydrogen (secondary N) is 2. The van der Waals surface area contributed by atoms with Crippen LogP contribution < -0.4 is 10.9 Å². The van der Waals surface area contributed by atoms with Gasteiger partial charge in [-0.1, -0.05) is 36.3 Å². The number of thioether (sulfide) groups is 1. The number of carbonyl (C=O) groups is 2. The molecule has 2 N–H and O–H groups in total. The van der Waals surface area contributed by atoms with Crippen molar-refractivity contribution in [3.05, 3.63) is 82.7 Å². The number of carbonyl (C=O) groups excluding carboxylic acids is 2. The Bertz CT molecular complexity index is 967. The molecule has 0 radical (unpaired) electrons. The normalized spacial score (nSPS) is 10.5. The van der Waals surface area contributed by atoms with Gasteiger partial charge in [0.25, 0.3) is 11.8 Å². The largest absolute Gasteiger partial charge is 0.360 e. The number of aromatic nitrogens is 1. The van der Waals surface area contributed by atoms with Crippen molar-refractivity contribution >= 4 is 23.6 Å². The zero-order chi connectivity index (χ0) is 19.9. The van der Waals surface area contributed by atoms with Crippen molar-refractivity contribution < 1.29 is 14.1 Å². The number of rotatable bonds is 6. The van der Waals surface area contributed by atoms with E-state index in [1.54, 1.807) is 24.3 Å². The lowest BCUT2D eigenvalue weighted by atomic mass is 10.1. The number of benzene rings is 2. The van der Waals surface area contributed by atoms with E-state index >= 15 is 0 Å². The third kappa shape index (κ3) is 5.01. The van der Waals surface area contributed by atoms with Gasteiger partial charge in [0.05, 0.1) is 17.0 Å². The van der Waals surface area contributed by atoms with Gasteiger partial charge in [-0.2, -0.15) is 0 Å². The van der Waals surface area contributed by atoms with E-state index in [0.29, 0.717) is 16.9 Å². The summed E-state index contributed by atoms with van der Waals surface area (Å²) in [5.41, 5.74) is 7.87. The Balaban J connectivity index is 1.61. The Labute approximate surface area is 167 Å². The first-order valence-electron chi connectivity index (χ1n) is 8.90. The minimum absolute atomic E-state index is 0.363. The Morgan fingerprint density at radius 3 is 2.43 bits per heavy atom. The van der Waals surface area contributed by atoms with Gasteiger partial charge >= 0.3 is 0 Å². The molecule has 0 atom stereocenters. The van der Waals surface area contributed by atoms with Crippen molar-refractivity contribution in [2.75, 3.05) is 0 Å². The molecule has 0 saturated carbocycles. The van der Waals surface area contributed by atoms with E-state index in [9.17, 15) is 9.59 Å². The van der Waals surface area contributed by atoms with Crippen molar-refractivity contribution in [1.29, 1.82) is 0 Å². The summed E-state index contributed by atoms with van der Waals surface area (Å²) in [5, 5.41) is 3.86. The maximum Gasteiger partial charge on any atom is 0.270 e. The van der Waals surface area contributed by atoms with Crippen LogP contribution in [0.15, 0.2) is 64.0 Å². The SMILES string of the molecule is CCc1ccc(C(=O)NNC(=O)c2ccccc2SCc2cc(C)no2)cc1. The van der Waals surface area contributed by atoms with E-state index in [1.165, 1.54) is 11.8 Å². The molecule has 0 saturated heterocycles. The number of hydrazine groups is 1. The Kier molecular flexibility index (Phi) is 6.49. The Morgan fingerprint density at radius 1 is 1.04 bits per heavy atom. The fourth-order valence-corrected chi connectivity index (χ4v) is 3.48. The van der Waals surface area contributed by atoms with Crippen LogP contribution in [0.3, 0.4) is 0 Å². The maximum atomic E-state index is 12.5. The monoisotopic (exact) mass is 395 g/mol. The molecule has 6 nitrogen and oxygen atoms in total. The van der Waals surface area contributed by atoms with Crippen molar-refractivity contribution in [3.8, 4) is 0 Å². The molecular weight excluding hydrogens is 374 g/mol. The highest BCUT2D eigenvalue weighted by Gasteiger charge is 2.14. The molecule has 0 aliphatic rings. The van der Waals surface area contributed by atoms with Crippen LogP contribution in [0.5, 0.6) is 0 Å². The first-order chi connectivity index (χ1) is 13.6. The lowest BCUT2D eigenvalue weighted by Crippen LogP contribution is -2.41. The second kappa shape index (κ2) is 9.23. The van der Waals surface area contributed by atoms with Crippen molar-refractivity contribution in [2.45, 2.75) is 30.9 Å². The van der Waals surface area contributed by atoms with Crippen LogP contribution in [0.25, 0.3) is 0 Å². The molecule has 0 unspecified atom stereocenters. The van der Waals surface area contributed by atoms with Gasteiger partial charge in [0.15, 0.2) is 0 Å². The van der Waals surface area contributed by atoms with Crippen molar-refractivity contribution in [3.63, 3.8) is 0 Å². The molecule has 7 heteroatoms. The molecule has 3 aromatic rings. The van der Waals surface area contributed by atoms with Crippen LogP contribution in [-0.4, -0.2) is 17.0 Å². The van der Waals surface area contributed by atoms with Gasteiger partial charge in [0, 0.05) is 16.5 Å². The Hall–Kier alpha value is -3.06. The maximum absolute atomic E-state index is 12.5. The fraction of sp³-hybridized carbons (Fsp3) is 0.190. The molecule has 2 aromatic carbocycles. The number of amides is 2. The van der Waals surface area contributed by atoms with Crippen molar-refractivity contribution in [2.24, 2.45) is 0 Å². The molecule has 2 amide bonds. The van der Waals surface area contributed by atoms with Gasteiger partial charge in [-0.25, -0.2) is 0 Å². The molecule has 0 aliphatic heterocycles. The van der Waals surface area contributed by atoms with Gasteiger partial charge in [0.1, 0.15) is 5.76 Å². The molecule has 144 valence electrons. The van der Waals surface area contributed by atoms with Crippen molar-refractivity contribution in [1.82, 2.24) is 16.0 Å². The summed E-state index contributed by atoms with van der Waals surface area (Å²) < 4.78 is 5.20. The van der Waals surface area contributed by atoms with Gasteiger partial charge in [0.2, 0.25) is 0 Å². The minimum atomic E-state index is -0.379. The molecule has 1 heterocycles. The van der Waals surface area contributed by atoms with E-state index < -0.39 is 0 Å². The number of hydrogen-bond donors (Lipinski definition) is 2. The molecule has 0 fully saturated rings. The molecule has 3 rings (SSSR count). The average molecular weight is 395 g/mol. The first kappa shape index (κ1) is 19.7. The zero-order valence-corrected chi connectivity index (χ0v) is 16.5. The summed E-state index contributed by atoms with van der Waals surface area (Å²) >= 11 is 1.47. The first-order valence-corrected chi connectivity index (χ1v) is 9.89.